The van der Waals surface area contributed by atoms with Gasteiger partial charge < -0.3 is 5.43 Å². The van der Waals surface area contributed by atoms with Crippen molar-refractivity contribution in [2.24, 2.45) is 11.8 Å². The molecule has 1 heterocycles. The highest BCUT2D eigenvalue weighted by Gasteiger charge is 2.28. The fourth-order valence-electron chi connectivity index (χ4n) is 1.93. The zero-order chi connectivity index (χ0) is 14.6. The Bertz CT molecular complexity index is 516. The lowest BCUT2D eigenvalue weighted by Gasteiger charge is -2.26. The van der Waals surface area contributed by atoms with E-state index < -0.39 is 10.0 Å². The maximum absolute atomic E-state index is 12.5. The van der Waals surface area contributed by atoms with Crippen LogP contribution in [0.15, 0.2) is 23.2 Å². The van der Waals surface area contributed by atoms with Crippen molar-refractivity contribution in [2.75, 3.05) is 12.5 Å². The van der Waals surface area contributed by atoms with E-state index >= 15 is 0 Å². The summed E-state index contributed by atoms with van der Waals surface area (Å²) in [5, 5.41) is 0. The van der Waals surface area contributed by atoms with Crippen LogP contribution in [0.4, 0.5) is 5.82 Å². The molecule has 0 spiro atoms. The molecule has 0 aliphatic rings. The SMILES string of the molecule is CC(C)CC(C)N(C)S(=O)(=O)c1cccnc1NN. The van der Waals surface area contributed by atoms with E-state index in [1.807, 2.05) is 6.92 Å². The molecule has 1 aromatic heterocycles. The molecule has 19 heavy (non-hydrogen) atoms. The van der Waals surface area contributed by atoms with Crippen molar-refractivity contribution in [2.45, 2.75) is 38.1 Å². The Hall–Kier alpha value is -1.18. The molecule has 0 amide bonds. The number of aromatic nitrogens is 1. The summed E-state index contributed by atoms with van der Waals surface area (Å²) in [5.74, 6) is 5.89. The van der Waals surface area contributed by atoms with Gasteiger partial charge in [0, 0.05) is 19.3 Å². The zero-order valence-corrected chi connectivity index (χ0v) is 12.6. The Kier molecular flexibility index (Phi) is 5.28. The number of anilines is 1. The van der Waals surface area contributed by atoms with Crippen LogP contribution in [0.1, 0.15) is 27.2 Å². The average Bonchev–Trinajstić information content (AvgIpc) is 2.36. The predicted molar refractivity (Wildman–Crippen MR) is 75.9 cm³/mol. The van der Waals surface area contributed by atoms with Gasteiger partial charge in [-0.15, -0.1) is 0 Å². The van der Waals surface area contributed by atoms with E-state index in [0.29, 0.717) is 5.92 Å². The molecule has 1 atom stereocenters. The molecule has 0 saturated heterocycles. The highest BCUT2D eigenvalue weighted by atomic mass is 32.2. The second-order valence-corrected chi connectivity index (χ2v) is 6.96. The number of rotatable bonds is 6. The van der Waals surface area contributed by atoms with E-state index in [2.05, 4.69) is 24.3 Å². The molecular formula is C12H22N4O2S. The number of sulfonamides is 1. The first-order valence-electron chi connectivity index (χ1n) is 6.20. The monoisotopic (exact) mass is 286 g/mol. The lowest BCUT2D eigenvalue weighted by Crippen LogP contribution is -2.36. The smallest absolute Gasteiger partial charge is 0.246 e. The maximum atomic E-state index is 12.5. The van der Waals surface area contributed by atoms with Crippen LogP contribution in [-0.2, 0) is 10.0 Å². The number of hydrogen-bond donors (Lipinski definition) is 2. The van der Waals surface area contributed by atoms with Gasteiger partial charge in [-0.3, -0.25) is 0 Å². The number of hydrogen-bond acceptors (Lipinski definition) is 5. The minimum absolute atomic E-state index is 0.0872. The summed E-state index contributed by atoms with van der Waals surface area (Å²) in [6, 6.07) is 2.99. The summed E-state index contributed by atoms with van der Waals surface area (Å²) in [6.45, 7) is 6.02. The molecule has 0 saturated carbocycles. The number of nitrogens with one attached hydrogen (secondary N) is 1. The molecule has 0 aliphatic heterocycles. The summed E-state index contributed by atoms with van der Waals surface area (Å²) in [6.07, 6.45) is 2.28. The summed E-state index contributed by atoms with van der Waals surface area (Å²) in [7, 11) is -2.02. The van der Waals surface area contributed by atoms with Crippen LogP contribution in [0, 0.1) is 5.92 Å². The van der Waals surface area contributed by atoms with Crippen LogP contribution in [0.25, 0.3) is 0 Å². The molecule has 0 radical (unpaired) electrons. The van der Waals surface area contributed by atoms with Gasteiger partial charge in [0.1, 0.15) is 4.90 Å². The van der Waals surface area contributed by atoms with E-state index in [0.717, 1.165) is 6.42 Å². The highest BCUT2D eigenvalue weighted by Crippen LogP contribution is 2.23. The summed E-state index contributed by atoms with van der Waals surface area (Å²) < 4.78 is 26.4. The van der Waals surface area contributed by atoms with Crippen LogP contribution in [0.2, 0.25) is 0 Å². The molecule has 0 aliphatic carbocycles. The fourth-order valence-corrected chi connectivity index (χ4v) is 3.41. The number of nitrogens with two attached hydrogens (primary N) is 1. The quantitative estimate of drug-likeness (QED) is 0.610. The second kappa shape index (κ2) is 6.31. The minimum atomic E-state index is -3.60. The highest BCUT2D eigenvalue weighted by molar-refractivity contribution is 7.89. The number of nitrogen functional groups attached to an aromatic ring is 1. The fraction of sp³-hybridized carbons (Fsp3) is 0.583. The van der Waals surface area contributed by atoms with Crippen LogP contribution < -0.4 is 11.3 Å². The Morgan fingerprint density at radius 1 is 1.42 bits per heavy atom. The van der Waals surface area contributed by atoms with Crippen LogP contribution in [-0.4, -0.2) is 30.8 Å². The first-order valence-corrected chi connectivity index (χ1v) is 7.64. The summed E-state index contributed by atoms with van der Waals surface area (Å²) in [5.41, 5.74) is 2.32. The predicted octanol–water partition coefficient (Wildman–Crippen LogP) is 1.42. The number of pyridine rings is 1. The van der Waals surface area contributed by atoms with Crippen molar-refractivity contribution in [1.29, 1.82) is 0 Å². The average molecular weight is 286 g/mol. The lowest BCUT2D eigenvalue weighted by atomic mass is 10.1. The van der Waals surface area contributed by atoms with Crippen LogP contribution >= 0.6 is 0 Å². The first kappa shape index (κ1) is 15.9. The van der Waals surface area contributed by atoms with Crippen molar-refractivity contribution in [3.63, 3.8) is 0 Å². The molecule has 0 aromatic carbocycles. The lowest BCUT2D eigenvalue weighted by molar-refractivity contribution is 0.338. The maximum Gasteiger partial charge on any atom is 0.246 e. The summed E-state index contributed by atoms with van der Waals surface area (Å²) in [4.78, 5) is 4.02. The molecule has 1 aromatic rings. The van der Waals surface area contributed by atoms with Crippen molar-refractivity contribution in [3.05, 3.63) is 18.3 Å². The third kappa shape index (κ3) is 3.65. The Morgan fingerprint density at radius 2 is 2.05 bits per heavy atom. The third-order valence-electron chi connectivity index (χ3n) is 3.00. The van der Waals surface area contributed by atoms with E-state index in [1.54, 1.807) is 13.1 Å². The standard InChI is InChI=1S/C12H22N4O2S/c1-9(2)8-10(3)16(4)19(17,18)11-6-5-7-14-12(11)15-13/h5-7,9-10H,8,13H2,1-4H3,(H,14,15). The molecular weight excluding hydrogens is 264 g/mol. The van der Waals surface area contributed by atoms with Gasteiger partial charge in [0.15, 0.2) is 5.82 Å². The Morgan fingerprint density at radius 3 is 2.58 bits per heavy atom. The van der Waals surface area contributed by atoms with Crippen molar-refractivity contribution in [3.8, 4) is 0 Å². The van der Waals surface area contributed by atoms with E-state index in [-0.39, 0.29) is 16.8 Å². The molecule has 7 heteroatoms. The molecule has 1 rings (SSSR count). The minimum Gasteiger partial charge on any atom is -0.307 e. The first-order chi connectivity index (χ1) is 8.80. The van der Waals surface area contributed by atoms with Gasteiger partial charge in [0.2, 0.25) is 10.0 Å². The molecule has 6 nitrogen and oxygen atoms in total. The van der Waals surface area contributed by atoms with Gasteiger partial charge in [-0.1, -0.05) is 13.8 Å². The topological polar surface area (TPSA) is 88.3 Å². The van der Waals surface area contributed by atoms with Crippen LogP contribution in [0.3, 0.4) is 0 Å². The molecule has 0 bridgehead atoms. The van der Waals surface area contributed by atoms with Gasteiger partial charge in [0.25, 0.3) is 0 Å². The van der Waals surface area contributed by atoms with E-state index in [9.17, 15) is 8.42 Å². The second-order valence-electron chi connectivity index (χ2n) is 4.99. The van der Waals surface area contributed by atoms with Gasteiger partial charge in [-0.05, 0) is 31.4 Å². The third-order valence-corrected chi connectivity index (χ3v) is 5.00. The van der Waals surface area contributed by atoms with Crippen molar-refractivity contribution < 1.29 is 8.42 Å². The van der Waals surface area contributed by atoms with Gasteiger partial charge in [0.05, 0.1) is 0 Å². The van der Waals surface area contributed by atoms with Crippen molar-refractivity contribution >= 4 is 15.8 Å². The molecule has 1 unspecified atom stereocenters. The molecule has 108 valence electrons. The number of hydrazine groups is 1. The zero-order valence-electron chi connectivity index (χ0n) is 11.8. The van der Waals surface area contributed by atoms with Gasteiger partial charge in [-0.25, -0.2) is 19.2 Å². The number of nitrogens with zero attached hydrogens (tertiary/aromatic N) is 2. The largest absolute Gasteiger partial charge is 0.307 e. The van der Waals surface area contributed by atoms with Crippen LogP contribution in [0.5, 0.6) is 0 Å². The summed E-state index contributed by atoms with van der Waals surface area (Å²) >= 11 is 0. The van der Waals surface area contributed by atoms with Crippen molar-refractivity contribution in [1.82, 2.24) is 9.29 Å². The Labute approximate surface area is 115 Å². The Balaban J connectivity index is 3.09. The molecule has 3 N–H and O–H groups in total. The normalized spacial score (nSPS) is 13.8. The van der Waals surface area contributed by atoms with Gasteiger partial charge in [-0.2, -0.15) is 4.31 Å². The van der Waals surface area contributed by atoms with Gasteiger partial charge >= 0.3 is 0 Å². The van der Waals surface area contributed by atoms with E-state index in [4.69, 9.17) is 5.84 Å². The van der Waals surface area contributed by atoms with E-state index in [1.165, 1.54) is 16.6 Å². The molecule has 0 fully saturated rings.